The number of nitrogens with zero attached hydrogens (tertiary/aromatic N) is 1. The van der Waals surface area contributed by atoms with Crippen molar-refractivity contribution in [1.29, 1.82) is 0 Å². The first-order valence-electron chi connectivity index (χ1n) is 9.61. The Hall–Kier alpha value is -3.00. The quantitative estimate of drug-likeness (QED) is 0.511. The van der Waals surface area contributed by atoms with Crippen molar-refractivity contribution in [3.63, 3.8) is 0 Å². The number of rotatable bonds is 5. The molecule has 31 heavy (non-hydrogen) atoms. The summed E-state index contributed by atoms with van der Waals surface area (Å²) in [6.07, 6.45) is 1.39. The van der Waals surface area contributed by atoms with Crippen LogP contribution in [0.5, 0.6) is 0 Å². The average Bonchev–Trinajstić information content (AvgIpc) is 2.70. The van der Waals surface area contributed by atoms with Crippen molar-refractivity contribution in [2.45, 2.75) is 26.8 Å². The molecule has 0 saturated heterocycles. The molecule has 1 heterocycles. The first-order chi connectivity index (χ1) is 14.6. The number of benzene rings is 2. The fourth-order valence-corrected chi connectivity index (χ4v) is 3.55. The maximum Gasteiger partial charge on any atom is 0.322 e. The monoisotopic (exact) mass is 451 g/mol. The van der Waals surface area contributed by atoms with Crippen LogP contribution in [0.4, 0.5) is 23.7 Å². The van der Waals surface area contributed by atoms with E-state index in [2.05, 4.69) is 10.3 Å². The van der Waals surface area contributed by atoms with E-state index in [1.165, 1.54) is 23.2 Å². The van der Waals surface area contributed by atoms with Gasteiger partial charge < -0.3 is 15.2 Å². The molecule has 0 aliphatic carbocycles. The number of anilines is 1. The van der Waals surface area contributed by atoms with Crippen LogP contribution in [-0.4, -0.2) is 22.5 Å². The van der Waals surface area contributed by atoms with Crippen molar-refractivity contribution in [2.75, 3.05) is 11.9 Å². The van der Waals surface area contributed by atoms with E-state index in [0.29, 0.717) is 17.8 Å². The van der Waals surface area contributed by atoms with Gasteiger partial charge in [-0.2, -0.15) is 0 Å². The molecule has 0 radical (unpaired) electrons. The Morgan fingerprint density at radius 1 is 1.06 bits per heavy atom. The van der Waals surface area contributed by atoms with Gasteiger partial charge in [0.1, 0.15) is 5.82 Å². The first kappa shape index (κ1) is 22.7. The summed E-state index contributed by atoms with van der Waals surface area (Å²) in [7, 11) is 0. The molecular formula is C22H21ClF3N3O2. The fraction of sp³-hybridized carbons (Fsp3) is 0.273. The molecule has 164 valence electrons. The van der Waals surface area contributed by atoms with Gasteiger partial charge >= 0.3 is 6.03 Å². The molecule has 0 spiro atoms. The number of urea groups is 1. The zero-order valence-corrected chi connectivity index (χ0v) is 17.9. The molecule has 0 bridgehead atoms. The average molecular weight is 452 g/mol. The van der Waals surface area contributed by atoms with Crippen molar-refractivity contribution in [3.05, 3.63) is 74.9 Å². The van der Waals surface area contributed by atoms with Crippen LogP contribution in [0.2, 0.25) is 5.02 Å². The van der Waals surface area contributed by atoms with Gasteiger partial charge in [0.05, 0.1) is 16.5 Å². The minimum atomic E-state index is -1.13. The number of aromatic nitrogens is 1. The largest absolute Gasteiger partial charge is 0.328 e. The number of H-pyrrole nitrogens is 1. The number of fused-ring (bicyclic) bond motifs is 1. The van der Waals surface area contributed by atoms with Crippen LogP contribution in [0.25, 0.3) is 10.8 Å². The third-order valence-corrected chi connectivity index (χ3v) is 5.18. The van der Waals surface area contributed by atoms with Crippen LogP contribution in [-0.2, 0) is 0 Å². The van der Waals surface area contributed by atoms with Crippen molar-refractivity contribution >= 4 is 34.1 Å². The van der Waals surface area contributed by atoms with E-state index in [4.69, 9.17) is 11.6 Å². The summed E-state index contributed by atoms with van der Waals surface area (Å²) in [6.45, 7) is 5.88. The van der Waals surface area contributed by atoms with Gasteiger partial charge in [-0.15, -0.1) is 0 Å². The molecule has 9 heteroatoms. The Morgan fingerprint density at radius 2 is 1.71 bits per heavy atom. The van der Waals surface area contributed by atoms with Crippen molar-refractivity contribution < 1.29 is 18.0 Å². The highest BCUT2D eigenvalue weighted by Gasteiger charge is 2.25. The molecule has 2 aromatic carbocycles. The number of carbonyl (C=O) groups is 1. The topological polar surface area (TPSA) is 65.2 Å². The Bertz CT molecular complexity index is 1200. The highest BCUT2D eigenvalue weighted by atomic mass is 35.5. The van der Waals surface area contributed by atoms with Gasteiger partial charge in [0.15, 0.2) is 11.6 Å². The lowest BCUT2D eigenvalue weighted by molar-refractivity contribution is 0.184. The zero-order chi connectivity index (χ0) is 22.9. The SMILES string of the molecule is CC(C)CN(C(=O)Nc1ccc(F)c(Cl)c1)[C@H](C)c1c[nH]c(=O)c2cc(F)c(F)cc12. The van der Waals surface area contributed by atoms with Crippen LogP contribution < -0.4 is 10.9 Å². The third kappa shape index (κ3) is 4.85. The van der Waals surface area contributed by atoms with Gasteiger partial charge in [-0.05, 0) is 54.1 Å². The van der Waals surface area contributed by atoms with Gasteiger partial charge in [-0.3, -0.25) is 4.79 Å². The number of hydrogen-bond donors (Lipinski definition) is 2. The predicted molar refractivity (Wildman–Crippen MR) is 115 cm³/mol. The molecule has 5 nitrogen and oxygen atoms in total. The smallest absolute Gasteiger partial charge is 0.322 e. The molecule has 2 amide bonds. The second kappa shape index (κ2) is 9.01. The summed E-state index contributed by atoms with van der Waals surface area (Å²) in [5.41, 5.74) is 0.184. The summed E-state index contributed by atoms with van der Waals surface area (Å²) in [6, 6.07) is 4.50. The van der Waals surface area contributed by atoms with E-state index in [1.807, 2.05) is 13.8 Å². The van der Waals surface area contributed by atoms with Gasteiger partial charge in [-0.25, -0.2) is 18.0 Å². The highest BCUT2D eigenvalue weighted by molar-refractivity contribution is 6.31. The molecule has 0 fully saturated rings. The van der Waals surface area contributed by atoms with Crippen molar-refractivity contribution in [1.82, 2.24) is 9.88 Å². The number of amides is 2. The molecule has 0 unspecified atom stereocenters. The molecule has 1 atom stereocenters. The molecule has 0 aliphatic rings. The Morgan fingerprint density at radius 3 is 2.32 bits per heavy atom. The number of carbonyl (C=O) groups excluding carboxylic acids is 1. The van der Waals surface area contributed by atoms with E-state index in [0.717, 1.165) is 18.2 Å². The van der Waals surface area contributed by atoms with Crippen LogP contribution >= 0.6 is 11.6 Å². The molecule has 1 aromatic heterocycles. The molecule has 3 rings (SSSR count). The van der Waals surface area contributed by atoms with Gasteiger partial charge in [0.2, 0.25) is 0 Å². The fourth-order valence-electron chi connectivity index (χ4n) is 3.37. The first-order valence-corrected chi connectivity index (χ1v) is 9.99. The Labute approximate surface area is 181 Å². The van der Waals surface area contributed by atoms with E-state index in [1.54, 1.807) is 6.92 Å². The zero-order valence-electron chi connectivity index (χ0n) is 17.1. The molecule has 3 aromatic rings. The third-order valence-electron chi connectivity index (χ3n) is 4.89. The molecule has 0 saturated carbocycles. The van der Waals surface area contributed by atoms with Gasteiger partial charge in [0.25, 0.3) is 5.56 Å². The van der Waals surface area contributed by atoms with E-state index >= 15 is 0 Å². The van der Waals surface area contributed by atoms with Crippen LogP contribution in [0, 0.1) is 23.4 Å². The van der Waals surface area contributed by atoms with Gasteiger partial charge in [-0.1, -0.05) is 25.4 Å². The Balaban J connectivity index is 2.01. The lowest BCUT2D eigenvalue weighted by Crippen LogP contribution is -2.39. The molecular weight excluding hydrogens is 431 g/mol. The maximum absolute atomic E-state index is 13.9. The second-order valence-corrected chi connectivity index (χ2v) is 8.07. The predicted octanol–water partition coefficient (Wildman–Crippen LogP) is 5.85. The minimum absolute atomic E-state index is 0.0153. The normalized spacial score (nSPS) is 12.3. The molecule has 2 N–H and O–H groups in total. The number of aromatic amines is 1. The highest BCUT2D eigenvalue weighted by Crippen LogP contribution is 2.29. The summed E-state index contributed by atoms with van der Waals surface area (Å²) >= 11 is 5.79. The van der Waals surface area contributed by atoms with Gasteiger partial charge in [0, 0.05) is 18.4 Å². The minimum Gasteiger partial charge on any atom is -0.328 e. The lowest BCUT2D eigenvalue weighted by atomic mass is 10.0. The number of halogens is 4. The van der Waals surface area contributed by atoms with Crippen LogP contribution in [0.15, 0.2) is 41.3 Å². The number of hydrogen-bond acceptors (Lipinski definition) is 2. The summed E-state index contributed by atoms with van der Waals surface area (Å²) in [5.74, 6) is -2.76. The van der Waals surface area contributed by atoms with E-state index in [-0.39, 0.29) is 21.7 Å². The summed E-state index contributed by atoms with van der Waals surface area (Å²) in [4.78, 5) is 29.2. The van der Waals surface area contributed by atoms with Crippen LogP contribution in [0.3, 0.4) is 0 Å². The number of nitrogens with one attached hydrogen (secondary N) is 2. The summed E-state index contributed by atoms with van der Waals surface area (Å²) < 4.78 is 41.0. The second-order valence-electron chi connectivity index (χ2n) is 7.67. The maximum atomic E-state index is 13.9. The van der Waals surface area contributed by atoms with E-state index < -0.39 is 35.1 Å². The standard InChI is InChI=1S/C22H21ClF3N3O2/c1-11(2)10-29(22(31)28-13-4-5-18(24)17(23)6-13)12(3)16-9-27-21(30)15-8-20(26)19(25)7-14(15)16/h4-9,11-12H,10H2,1-3H3,(H,27,30)(H,28,31)/t12-/m1/s1. The number of pyridine rings is 1. The van der Waals surface area contributed by atoms with Crippen molar-refractivity contribution in [3.8, 4) is 0 Å². The molecule has 0 aliphatic heterocycles. The summed E-state index contributed by atoms with van der Waals surface area (Å²) in [5, 5.41) is 2.74. The Kier molecular flexibility index (Phi) is 6.59. The lowest BCUT2D eigenvalue weighted by Gasteiger charge is -2.31. The van der Waals surface area contributed by atoms with Crippen LogP contribution in [0.1, 0.15) is 32.4 Å². The van der Waals surface area contributed by atoms with Crippen molar-refractivity contribution in [2.24, 2.45) is 5.92 Å². The van der Waals surface area contributed by atoms with E-state index in [9.17, 15) is 22.8 Å².